The summed E-state index contributed by atoms with van der Waals surface area (Å²) in [5, 5.41) is 15.2. The van der Waals surface area contributed by atoms with Crippen LogP contribution in [0, 0.1) is 12.8 Å². The summed E-state index contributed by atoms with van der Waals surface area (Å²) in [5.41, 5.74) is 4.99. The van der Waals surface area contributed by atoms with Crippen LogP contribution in [0.1, 0.15) is 49.4 Å². The smallest absolute Gasteiger partial charge is 0.226 e. The van der Waals surface area contributed by atoms with Gasteiger partial charge < -0.3 is 10.1 Å². The summed E-state index contributed by atoms with van der Waals surface area (Å²) in [6, 6.07) is 7.85. The molecule has 0 bridgehead atoms. The first-order valence-corrected chi connectivity index (χ1v) is 10.0. The summed E-state index contributed by atoms with van der Waals surface area (Å²) < 4.78 is 7.21. The fourth-order valence-corrected chi connectivity index (χ4v) is 3.97. The number of anilines is 1. The molecular weight excluding hydrogens is 366 g/mol. The van der Waals surface area contributed by atoms with E-state index >= 15 is 0 Å². The fourth-order valence-electron chi connectivity index (χ4n) is 3.97. The number of H-pyrrole nitrogens is 1. The summed E-state index contributed by atoms with van der Waals surface area (Å²) in [6.45, 7) is 7.19. The molecule has 1 atom stereocenters. The first kappa shape index (κ1) is 19.2. The summed E-state index contributed by atoms with van der Waals surface area (Å²) in [5.74, 6) is 2.13. The minimum absolute atomic E-state index is 0.00933. The Morgan fingerprint density at radius 2 is 2.03 bits per heavy atom. The molecule has 0 saturated carbocycles. The molecule has 0 aliphatic carbocycles. The molecule has 7 heteroatoms. The maximum absolute atomic E-state index is 12.6. The molecule has 1 unspecified atom stereocenters. The van der Waals surface area contributed by atoms with E-state index in [1.807, 2.05) is 42.1 Å². The minimum Gasteiger partial charge on any atom is -0.497 e. The molecule has 0 fully saturated rings. The van der Waals surface area contributed by atoms with Crippen molar-refractivity contribution >= 4 is 11.7 Å². The number of ether oxygens (including phenoxy) is 1. The second-order valence-corrected chi connectivity index (χ2v) is 7.99. The average molecular weight is 393 g/mol. The third-order valence-corrected chi connectivity index (χ3v) is 5.51. The van der Waals surface area contributed by atoms with Crippen molar-refractivity contribution < 1.29 is 9.53 Å². The predicted molar refractivity (Wildman–Crippen MR) is 112 cm³/mol. The number of carbonyl (C=O) groups excluding carboxylic acids is 1. The van der Waals surface area contributed by atoms with E-state index in [-0.39, 0.29) is 11.8 Å². The first-order valence-electron chi connectivity index (χ1n) is 10.0. The highest BCUT2D eigenvalue weighted by molar-refractivity contribution is 5.95. The van der Waals surface area contributed by atoms with Crippen LogP contribution < -0.4 is 10.1 Å². The van der Waals surface area contributed by atoms with Gasteiger partial charge in [-0.15, -0.1) is 0 Å². The van der Waals surface area contributed by atoms with Crippen LogP contribution in [0.25, 0.3) is 11.3 Å². The van der Waals surface area contributed by atoms with Crippen LogP contribution in [0.2, 0.25) is 0 Å². The summed E-state index contributed by atoms with van der Waals surface area (Å²) in [7, 11) is 1.65. The number of hydrogen-bond donors (Lipinski definition) is 2. The number of fused-ring (bicyclic) bond motifs is 1. The summed E-state index contributed by atoms with van der Waals surface area (Å²) >= 11 is 0. The Morgan fingerprint density at radius 1 is 1.28 bits per heavy atom. The number of methoxy groups -OCH3 is 1. The summed E-state index contributed by atoms with van der Waals surface area (Å²) in [4.78, 5) is 12.6. The van der Waals surface area contributed by atoms with E-state index < -0.39 is 0 Å². The van der Waals surface area contributed by atoms with Crippen LogP contribution >= 0.6 is 0 Å². The van der Waals surface area contributed by atoms with Crippen LogP contribution in [0.4, 0.5) is 5.82 Å². The van der Waals surface area contributed by atoms with Crippen LogP contribution in [-0.2, 0) is 11.3 Å². The zero-order chi connectivity index (χ0) is 20.5. The van der Waals surface area contributed by atoms with Crippen LogP contribution in [0.5, 0.6) is 5.75 Å². The molecule has 1 amide bonds. The van der Waals surface area contributed by atoms with E-state index in [0.29, 0.717) is 12.3 Å². The fraction of sp³-hybridized carbons (Fsp3) is 0.409. The highest BCUT2D eigenvalue weighted by Crippen LogP contribution is 2.42. The molecule has 0 saturated heterocycles. The predicted octanol–water partition coefficient (Wildman–Crippen LogP) is 4.11. The van der Waals surface area contributed by atoms with Crippen LogP contribution in [0.3, 0.4) is 0 Å². The molecule has 2 N–H and O–H groups in total. The molecule has 7 nitrogen and oxygen atoms in total. The zero-order valence-electron chi connectivity index (χ0n) is 17.3. The van der Waals surface area contributed by atoms with Gasteiger partial charge in [0.1, 0.15) is 11.6 Å². The third kappa shape index (κ3) is 3.64. The number of aromatic nitrogens is 4. The summed E-state index contributed by atoms with van der Waals surface area (Å²) in [6.07, 6.45) is 3.22. The van der Waals surface area contributed by atoms with E-state index in [1.54, 1.807) is 7.11 Å². The molecule has 152 valence electrons. The second kappa shape index (κ2) is 7.73. The van der Waals surface area contributed by atoms with Gasteiger partial charge in [-0.2, -0.15) is 10.2 Å². The largest absolute Gasteiger partial charge is 0.497 e. The van der Waals surface area contributed by atoms with E-state index in [0.717, 1.165) is 52.6 Å². The lowest BCUT2D eigenvalue weighted by Crippen LogP contribution is -2.25. The molecule has 1 aliphatic heterocycles. The van der Waals surface area contributed by atoms with Gasteiger partial charge in [0, 0.05) is 35.6 Å². The normalized spacial score (nSPS) is 16.0. The van der Waals surface area contributed by atoms with Gasteiger partial charge in [-0.05, 0) is 43.5 Å². The zero-order valence-corrected chi connectivity index (χ0v) is 17.3. The average Bonchev–Trinajstić information content (AvgIpc) is 3.31. The van der Waals surface area contributed by atoms with Gasteiger partial charge in [0.25, 0.3) is 0 Å². The monoisotopic (exact) mass is 393 g/mol. The van der Waals surface area contributed by atoms with Crippen molar-refractivity contribution in [2.24, 2.45) is 5.92 Å². The molecule has 3 heterocycles. The lowest BCUT2D eigenvalue weighted by molar-refractivity contribution is -0.116. The van der Waals surface area contributed by atoms with Crippen molar-refractivity contribution in [3.8, 4) is 17.0 Å². The molecule has 2 aromatic heterocycles. The maximum atomic E-state index is 12.6. The number of benzene rings is 1. The Hall–Kier alpha value is -3.09. The molecule has 1 aromatic carbocycles. The number of nitrogens with one attached hydrogen (secondary N) is 2. The van der Waals surface area contributed by atoms with Crippen molar-refractivity contribution in [3.63, 3.8) is 0 Å². The molecule has 0 radical (unpaired) electrons. The highest BCUT2D eigenvalue weighted by Gasteiger charge is 2.34. The molecule has 0 spiro atoms. The molecular formula is C22H27N5O2. The van der Waals surface area contributed by atoms with Gasteiger partial charge in [0.15, 0.2) is 0 Å². The van der Waals surface area contributed by atoms with Gasteiger partial charge in [-0.1, -0.05) is 13.8 Å². The number of amides is 1. The van der Waals surface area contributed by atoms with Crippen molar-refractivity contribution in [1.29, 1.82) is 0 Å². The number of aromatic amines is 1. The van der Waals surface area contributed by atoms with E-state index in [4.69, 9.17) is 9.84 Å². The number of nitrogens with zero attached hydrogens (tertiary/aromatic N) is 3. The van der Waals surface area contributed by atoms with E-state index in [2.05, 4.69) is 29.4 Å². The Balaban J connectivity index is 1.74. The molecule has 29 heavy (non-hydrogen) atoms. The van der Waals surface area contributed by atoms with E-state index in [9.17, 15) is 4.79 Å². The Morgan fingerprint density at radius 3 is 2.72 bits per heavy atom. The second-order valence-electron chi connectivity index (χ2n) is 7.99. The topological polar surface area (TPSA) is 84.8 Å². The standard InChI is InChI=1S/C22H27N5O2/c1-13(2)9-10-27-22-20(14(3)26-27)17(11-19(28)24-22)18-12-23-25-21(18)15-5-7-16(29-4)8-6-15/h5-8,12-13,17H,9-11H2,1-4H3,(H,23,25)(H,24,28). The SMILES string of the molecule is COc1ccc(-c2[nH]ncc2C2CC(=O)Nc3c2c(C)nn3CCC(C)C)cc1. The van der Waals surface area contributed by atoms with Crippen molar-refractivity contribution in [1.82, 2.24) is 20.0 Å². The Bertz CT molecular complexity index is 1020. The Kier molecular flexibility index (Phi) is 5.13. The lowest BCUT2D eigenvalue weighted by atomic mass is 9.85. The van der Waals surface area contributed by atoms with Crippen molar-refractivity contribution in [2.45, 2.75) is 46.1 Å². The third-order valence-electron chi connectivity index (χ3n) is 5.51. The van der Waals surface area contributed by atoms with Crippen molar-refractivity contribution in [2.75, 3.05) is 12.4 Å². The van der Waals surface area contributed by atoms with Gasteiger partial charge >= 0.3 is 0 Å². The van der Waals surface area contributed by atoms with Gasteiger partial charge in [0.2, 0.25) is 5.91 Å². The quantitative estimate of drug-likeness (QED) is 0.660. The van der Waals surface area contributed by atoms with Crippen LogP contribution in [-0.4, -0.2) is 33.0 Å². The van der Waals surface area contributed by atoms with Gasteiger partial charge in [-0.3, -0.25) is 9.89 Å². The first-order chi connectivity index (χ1) is 14.0. The molecule has 3 aromatic rings. The number of rotatable bonds is 6. The van der Waals surface area contributed by atoms with Gasteiger partial charge in [-0.25, -0.2) is 4.68 Å². The molecule has 4 rings (SSSR count). The Labute approximate surface area is 170 Å². The van der Waals surface area contributed by atoms with Crippen LogP contribution in [0.15, 0.2) is 30.5 Å². The number of aryl methyl sites for hydroxylation is 2. The van der Waals surface area contributed by atoms with E-state index in [1.165, 1.54) is 0 Å². The lowest BCUT2D eigenvalue weighted by Gasteiger charge is -2.24. The van der Waals surface area contributed by atoms with Crippen molar-refractivity contribution in [3.05, 3.63) is 47.3 Å². The number of carbonyl (C=O) groups is 1. The highest BCUT2D eigenvalue weighted by atomic mass is 16.5. The number of hydrogen-bond acceptors (Lipinski definition) is 4. The maximum Gasteiger partial charge on any atom is 0.226 e. The molecule has 1 aliphatic rings. The minimum atomic E-state index is -0.0811. The van der Waals surface area contributed by atoms with Gasteiger partial charge in [0.05, 0.1) is 24.7 Å².